The average molecular weight is 701 g/mol. The summed E-state index contributed by atoms with van der Waals surface area (Å²) in [6, 6.07) is 6.25. The number of hydrogen-bond donors (Lipinski definition) is 2. The molecule has 0 saturated heterocycles. The Labute approximate surface area is 286 Å². The SMILES string of the molecule is CO.Cc1ccc([N+](=O)[O-])cc1C(F)(F)F.F.Nc1ccc([18F])c(C(F)(F)F)c1.O=[N+]([O-])c1ccc([18F])c(C(F)(F)F)c1.[18F-].[K+]. The van der Waals surface area contributed by atoms with Crippen LogP contribution < -0.4 is 61.8 Å². The molecule has 0 atom stereocenters. The summed E-state index contributed by atoms with van der Waals surface area (Å²) in [7, 11) is 1.00. The van der Waals surface area contributed by atoms with E-state index in [0.717, 1.165) is 25.3 Å². The van der Waals surface area contributed by atoms with Gasteiger partial charge in [0.25, 0.3) is 11.4 Å². The molecule has 0 aliphatic carbocycles. The summed E-state index contributed by atoms with van der Waals surface area (Å²) < 4.78 is 134. The molecule has 0 heterocycles. The van der Waals surface area contributed by atoms with Gasteiger partial charge in [-0.1, -0.05) is 6.07 Å². The van der Waals surface area contributed by atoms with Gasteiger partial charge in [0.2, 0.25) is 0 Å². The van der Waals surface area contributed by atoms with E-state index in [1.807, 2.05) is 0 Å². The number of rotatable bonds is 2. The van der Waals surface area contributed by atoms with Crippen molar-refractivity contribution in [3.8, 4) is 0 Å². The van der Waals surface area contributed by atoms with Crippen molar-refractivity contribution in [1.82, 2.24) is 0 Å². The van der Waals surface area contributed by atoms with Crippen LogP contribution in [0.15, 0.2) is 54.6 Å². The number of aliphatic hydroxyl groups is 1. The zero-order valence-electron chi connectivity index (χ0n) is 22.7. The Bertz CT molecular complexity index is 1310. The van der Waals surface area contributed by atoms with Crippen LogP contribution in [0.5, 0.6) is 0 Å². The summed E-state index contributed by atoms with van der Waals surface area (Å²) in [4.78, 5) is 18.5. The van der Waals surface area contributed by atoms with Gasteiger partial charge in [0.15, 0.2) is 0 Å². The topological polar surface area (TPSA) is 133 Å². The van der Waals surface area contributed by atoms with Gasteiger partial charge in [-0.05, 0) is 36.8 Å². The average Bonchev–Trinajstić information content (AvgIpc) is 2.85. The number of hydrogen-bond acceptors (Lipinski definition) is 6. The minimum absolute atomic E-state index is 0. The molecule has 3 rings (SSSR count). The van der Waals surface area contributed by atoms with Crippen molar-refractivity contribution in [2.24, 2.45) is 0 Å². The van der Waals surface area contributed by atoms with Crippen LogP contribution in [-0.2, 0) is 18.5 Å². The van der Waals surface area contributed by atoms with E-state index in [-0.39, 0.29) is 78.1 Å². The molecule has 3 aromatic carbocycles. The molecule has 3 N–H and O–H groups in total. The van der Waals surface area contributed by atoms with Crippen molar-refractivity contribution < 1.29 is 124 Å². The molecule has 0 amide bonds. The van der Waals surface area contributed by atoms with Crippen molar-refractivity contribution in [1.29, 1.82) is 0 Å². The molecule has 3 aromatic rings. The Morgan fingerprint density at radius 2 is 0.956 bits per heavy atom. The summed E-state index contributed by atoms with van der Waals surface area (Å²) in [5, 5.41) is 27.3. The van der Waals surface area contributed by atoms with Crippen LogP contribution in [0.1, 0.15) is 22.3 Å². The number of alkyl halides is 9. The maximum atomic E-state index is 12.6. The molecule has 45 heavy (non-hydrogen) atoms. The minimum atomic E-state index is -4.92. The van der Waals surface area contributed by atoms with Crippen molar-refractivity contribution in [3.63, 3.8) is 0 Å². The van der Waals surface area contributed by atoms with E-state index in [1.54, 1.807) is 0 Å². The first kappa shape index (κ1) is 48.8. The number of nitrogens with two attached hydrogens (primary N) is 1. The molecule has 0 unspecified atom stereocenters. The fourth-order valence-electron chi connectivity index (χ4n) is 2.63. The molecule has 0 saturated carbocycles. The molecule has 0 radical (unpaired) electrons. The van der Waals surface area contributed by atoms with Gasteiger partial charge in [0, 0.05) is 37.1 Å². The number of non-ortho nitro benzene ring substituents is 2. The molecule has 0 aliphatic rings. The predicted molar refractivity (Wildman–Crippen MR) is 127 cm³/mol. The van der Waals surface area contributed by atoms with Crippen LogP contribution in [0.2, 0.25) is 0 Å². The third kappa shape index (κ3) is 16.2. The molecular formula is C23H19F13KN3O5. The number of anilines is 1. The molecule has 0 fully saturated rings. The number of nitro groups is 2. The predicted octanol–water partition coefficient (Wildman–Crippen LogP) is 1.87. The van der Waals surface area contributed by atoms with Gasteiger partial charge in [-0.3, -0.25) is 24.9 Å². The number of nitro benzene ring substituents is 2. The van der Waals surface area contributed by atoms with E-state index in [9.17, 15) is 68.5 Å². The molecule has 0 bridgehead atoms. The number of nitrogens with zero attached hydrogens (tertiary/aromatic N) is 2. The molecule has 22 heteroatoms. The van der Waals surface area contributed by atoms with Crippen LogP contribution in [0.4, 0.5) is 70.1 Å². The Morgan fingerprint density at radius 1 is 0.644 bits per heavy atom. The normalized spacial score (nSPS) is 10.4. The maximum absolute atomic E-state index is 12.6. The van der Waals surface area contributed by atoms with Crippen molar-refractivity contribution >= 4 is 17.1 Å². The van der Waals surface area contributed by atoms with Crippen molar-refractivity contribution in [2.45, 2.75) is 25.5 Å². The third-order valence-corrected chi connectivity index (χ3v) is 4.50. The van der Waals surface area contributed by atoms with Crippen LogP contribution >= 0.6 is 0 Å². The van der Waals surface area contributed by atoms with Crippen LogP contribution in [0.3, 0.4) is 0 Å². The number of nitrogen functional groups attached to an aromatic ring is 1. The van der Waals surface area contributed by atoms with Crippen LogP contribution in [-0.4, -0.2) is 22.1 Å². The monoisotopic (exact) mass is 700 g/mol. The quantitative estimate of drug-likeness (QED) is 0.138. The fourth-order valence-corrected chi connectivity index (χ4v) is 2.63. The molecule has 0 aromatic heterocycles. The fraction of sp³-hybridized carbons (Fsp3) is 0.217. The zero-order valence-corrected chi connectivity index (χ0v) is 25.8. The summed E-state index contributed by atoms with van der Waals surface area (Å²) in [6.07, 6.45) is -14.1. The first-order valence-corrected chi connectivity index (χ1v) is 10.5. The number of aryl methyl sites for hydroxylation is 1. The molecular weight excluding hydrogens is 681 g/mol. The standard InChI is InChI=1S/C8H6F3NO2.C7H3F4NO2.C7H5F4N.CH4O.2FH.K/c1-5-2-3-6(12(13)14)4-7(5)8(9,10)11;8-6-2-1-4(12(13)14)3-5(6)7(9,10)11;8-6-2-1-4(12)3-5(6)7(9,10)11;1-2;;;/h2-4H,1H3;1-3H;1-3H,12H2;2H,1H3;2*1H;/q;;;;;;+1/p-1/i;2*8-1;;1-1;;. The number of benzene rings is 3. The van der Waals surface area contributed by atoms with Crippen molar-refractivity contribution in [2.75, 3.05) is 12.8 Å². The molecule has 0 aliphatic heterocycles. The number of halogens is 13. The van der Waals surface area contributed by atoms with Gasteiger partial charge >= 0.3 is 69.9 Å². The second kappa shape index (κ2) is 20.1. The van der Waals surface area contributed by atoms with Gasteiger partial charge in [-0.25, -0.2) is 8.78 Å². The van der Waals surface area contributed by atoms with Gasteiger partial charge in [-0.15, -0.1) is 0 Å². The second-order valence-corrected chi connectivity index (χ2v) is 7.41. The van der Waals surface area contributed by atoms with E-state index in [1.165, 1.54) is 6.92 Å². The van der Waals surface area contributed by atoms with E-state index in [0.29, 0.717) is 30.3 Å². The van der Waals surface area contributed by atoms with Crippen LogP contribution in [0, 0.1) is 38.8 Å². The summed E-state index contributed by atoms with van der Waals surface area (Å²) in [5.74, 6) is -2.83. The summed E-state index contributed by atoms with van der Waals surface area (Å²) in [5.41, 5.74) is -0.350. The summed E-state index contributed by atoms with van der Waals surface area (Å²) >= 11 is 0. The second-order valence-electron chi connectivity index (χ2n) is 7.41. The van der Waals surface area contributed by atoms with E-state index >= 15 is 0 Å². The van der Waals surface area contributed by atoms with Gasteiger partial charge in [0.1, 0.15) is 11.6 Å². The molecule has 8 nitrogen and oxygen atoms in total. The molecule has 0 spiro atoms. The maximum Gasteiger partial charge on any atom is 1.00 e. The van der Waals surface area contributed by atoms with E-state index in [2.05, 4.69) is 0 Å². The smallest absolute Gasteiger partial charge is 1.00 e. The Morgan fingerprint density at radius 3 is 1.29 bits per heavy atom. The Hall–Kier alpha value is -3.05. The zero-order chi connectivity index (χ0) is 33.2. The van der Waals surface area contributed by atoms with Gasteiger partial charge < -0.3 is 15.5 Å². The summed E-state index contributed by atoms with van der Waals surface area (Å²) in [6.45, 7) is 1.26. The van der Waals surface area contributed by atoms with E-state index in [4.69, 9.17) is 10.8 Å². The minimum Gasteiger partial charge on any atom is -1.00 e. The van der Waals surface area contributed by atoms with E-state index < -0.39 is 68.1 Å². The largest absolute Gasteiger partial charge is 1.00 e. The van der Waals surface area contributed by atoms with Gasteiger partial charge in [-0.2, -0.15) is 39.5 Å². The third-order valence-electron chi connectivity index (χ3n) is 4.50. The Balaban J connectivity index is -0.000000264. The number of aliphatic hydroxyl groups excluding tert-OH is 1. The Kier molecular flexibility index (Phi) is 21.9. The van der Waals surface area contributed by atoms with Gasteiger partial charge in [0.05, 0.1) is 26.5 Å². The first-order valence-electron chi connectivity index (χ1n) is 10.5. The van der Waals surface area contributed by atoms with Crippen LogP contribution in [0.25, 0.3) is 0 Å². The van der Waals surface area contributed by atoms with Crippen molar-refractivity contribution in [3.05, 3.63) is 109 Å². The molecule has 248 valence electrons. The first-order chi connectivity index (χ1) is 19.1.